The van der Waals surface area contributed by atoms with E-state index in [1.54, 1.807) is 36.4 Å². The number of thioether (sulfide) groups is 1. The Bertz CT molecular complexity index is 468. The van der Waals surface area contributed by atoms with Crippen LogP contribution in [0.4, 0.5) is 4.79 Å². The van der Waals surface area contributed by atoms with Crippen LogP contribution in [-0.2, 0) is 4.79 Å². The lowest BCUT2D eigenvalue weighted by Crippen LogP contribution is -2.25. The molecule has 0 bridgehead atoms. The van der Waals surface area contributed by atoms with Crippen molar-refractivity contribution >= 4 is 40.6 Å². The van der Waals surface area contributed by atoms with Gasteiger partial charge in [0.1, 0.15) is 0 Å². The Morgan fingerprint density at radius 3 is 2.61 bits per heavy atom. The maximum Gasteiger partial charge on any atom is 0.286 e. The second-order valence-electron chi connectivity index (χ2n) is 3.26. The number of amides is 2. The van der Waals surface area contributed by atoms with Crippen molar-refractivity contribution in [3.05, 3.63) is 53.6 Å². The van der Waals surface area contributed by atoms with Gasteiger partial charge in [0.25, 0.3) is 11.1 Å². The first-order valence-electron chi connectivity index (χ1n) is 5.14. The van der Waals surface area contributed by atoms with E-state index in [9.17, 15) is 9.59 Å². The van der Waals surface area contributed by atoms with E-state index in [0.29, 0.717) is 10.8 Å². The highest BCUT2D eigenvalue weighted by molar-refractivity contribution is 8.13. The van der Waals surface area contributed by atoms with E-state index in [1.807, 2.05) is 0 Å². The molecule has 18 heavy (non-hydrogen) atoms. The molecular formula is C13H12ClNO2S. The van der Waals surface area contributed by atoms with Gasteiger partial charge in [0.15, 0.2) is 0 Å². The molecule has 0 atom stereocenters. The second-order valence-corrected chi connectivity index (χ2v) is 4.69. The van der Waals surface area contributed by atoms with Crippen LogP contribution in [-0.4, -0.2) is 16.9 Å². The molecule has 1 aromatic carbocycles. The van der Waals surface area contributed by atoms with Crippen LogP contribution < -0.4 is 5.32 Å². The summed E-state index contributed by atoms with van der Waals surface area (Å²) in [7, 11) is 0. The largest absolute Gasteiger partial charge is 0.286 e. The standard InChI is InChI=1S/C13H12ClNO2S/c1-2-9-18-13(17)15-12(16)8-5-10-3-6-11(14)7-4-10/h2-8H,1,9H2,(H,15,16,17)/b8-5+. The van der Waals surface area contributed by atoms with E-state index < -0.39 is 5.91 Å². The van der Waals surface area contributed by atoms with Crippen LogP contribution in [0.1, 0.15) is 5.56 Å². The smallest absolute Gasteiger partial charge is 0.284 e. The van der Waals surface area contributed by atoms with Crippen LogP contribution in [0.2, 0.25) is 5.02 Å². The molecule has 0 saturated carbocycles. The van der Waals surface area contributed by atoms with Crippen LogP contribution in [0.3, 0.4) is 0 Å². The number of hydrogen-bond acceptors (Lipinski definition) is 3. The first-order chi connectivity index (χ1) is 8.61. The Hall–Kier alpha value is -1.52. The molecule has 0 aromatic heterocycles. The highest BCUT2D eigenvalue weighted by Crippen LogP contribution is 2.10. The lowest BCUT2D eigenvalue weighted by Gasteiger charge is -1.98. The van der Waals surface area contributed by atoms with Gasteiger partial charge in [0, 0.05) is 16.9 Å². The van der Waals surface area contributed by atoms with Crippen molar-refractivity contribution < 1.29 is 9.59 Å². The number of benzene rings is 1. The highest BCUT2D eigenvalue weighted by Gasteiger charge is 2.03. The van der Waals surface area contributed by atoms with E-state index in [0.717, 1.165) is 17.3 Å². The van der Waals surface area contributed by atoms with Crippen LogP contribution >= 0.6 is 23.4 Å². The van der Waals surface area contributed by atoms with E-state index in [2.05, 4.69) is 11.9 Å². The summed E-state index contributed by atoms with van der Waals surface area (Å²) < 4.78 is 0. The molecular weight excluding hydrogens is 270 g/mol. The quantitative estimate of drug-likeness (QED) is 0.678. The Morgan fingerprint density at radius 1 is 1.33 bits per heavy atom. The van der Waals surface area contributed by atoms with Crippen molar-refractivity contribution in [2.24, 2.45) is 0 Å². The first kappa shape index (κ1) is 14.5. The minimum Gasteiger partial charge on any atom is -0.284 e. The molecule has 0 radical (unpaired) electrons. The highest BCUT2D eigenvalue weighted by atomic mass is 35.5. The fourth-order valence-corrected chi connectivity index (χ4v) is 1.63. The Kier molecular flexibility index (Phi) is 6.25. The predicted molar refractivity (Wildman–Crippen MR) is 76.7 cm³/mol. The topological polar surface area (TPSA) is 46.2 Å². The third-order valence-electron chi connectivity index (χ3n) is 1.85. The molecule has 0 saturated heterocycles. The molecule has 0 unspecified atom stereocenters. The molecule has 0 heterocycles. The van der Waals surface area contributed by atoms with E-state index in [-0.39, 0.29) is 5.24 Å². The van der Waals surface area contributed by atoms with Gasteiger partial charge >= 0.3 is 0 Å². The molecule has 1 N–H and O–H groups in total. The molecule has 1 aromatic rings. The lowest BCUT2D eigenvalue weighted by molar-refractivity contribution is -0.115. The molecule has 94 valence electrons. The van der Waals surface area contributed by atoms with Crippen LogP contribution in [0.25, 0.3) is 6.08 Å². The van der Waals surface area contributed by atoms with Crippen molar-refractivity contribution in [2.45, 2.75) is 0 Å². The van der Waals surface area contributed by atoms with Gasteiger partial charge in [-0.1, -0.05) is 41.6 Å². The van der Waals surface area contributed by atoms with E-state index >= 15 is 0 Å². The molecule has 1 rings (SSSR count). The molecule has 0 aliphatic rings. The number of carbonyl (C=O) groups is 2. The molecule has 0 aliphatic carbocycles. The van der Waals surface area contributed by atoms with Crippen molar-refractivity contribution in [1.82, 2.24) is 5.32 Å². The SMILES string of the molecule is C=CCSC(=O)NC(=O)/C=C/c1ccc(Cl)cc1. The van der Waals surface area contributed by atoms with Crippen LogP contribution in [0, 0.1) is 0 Å². The zero-order valence-electron chi connectivity index (χ0n) is 9.56. The van der Waals surface area contributed by atoms with Gasteiger partial charge in [0.2, 0.25) is 0 Å². The summed E-state index contributed by atoms with van der Waals surface area (Å²) in [6.45, 7) is 3.48. The Labute approximate surface area is 115 Å². The maximum absolute atomic E-state index is 11.4. The average molecular weight is 282 g/mol. The molecule has 0 aliphatic heterocycles. The number of nitrogens with one attached hydrogen (secondary N) is 1. The van der Waals surface area contributed by atoms with Gasteiger partial charge in [-0.25, -0.2) is 0 Å². The summed E-state index contributed by atoms with van der Waals surface area (Å²) in [6, 6.07) is 7.01. The molecule has 2 amide bonds. The molecule has 5 heteroatoms. The van der Waals surface area contributed by atoms with Crippen molar-refractivity contribution in [1.29, 1.82) is 0 Å². The van der Waals surface area contributed by atoms with Crippen LogP contribution in [0.5, 0.6) is 0 Å². The van der Waals surface area contributed by atoms with Crippen molar-refractivity contribution in [2.75, 3.05) is 5.75 Å². The predicted octanol–water partition coefficient (Wildman–Crippen LogP) is 3.51. The third kappa shape index (κ3) is 5.70. The van der Waals surface area contributed by atoms with Gasteiger partial charge in [-0.2, -0.15) is 0 Å². The van der Waals surface area contributed by atoms with Crippen molar-refractivity contribution in [3.8, 4) is 0 Å². The Balaban J connectivity index is 2.46. The second kappa shape index (κ2) is 7.74. The number of imide groups is 1. The normalized spacial score (nSPS) is 10.3. The number of carbonyl (C=O) groups excluding carboxylic acids is 2. The third-order valence-corrected chi connectivity index (χ3v) is 2.87. The summed E-state index contributed by atoms with van der Waals surface area (Å²) in [5, 5.41) is 2.46. The summed E-state index contributed by atoms with van der Waals surface area (Å²) in [5.74, 6) is 0.0199. The average Bonchev–Trinajstić information content (AvgIpc) is 2.35. The summed E-state index contributed by atoms with van der Waals surface area (Å²) in [4.78, 5) is 22.6. The number of halogens is 1. The summed E-state index contributed by atoms with van der Waals surface area (Å²) in [6.07, 6.45) is 4.50. The zero-order valence-corrected chi connectivity index (χ0v) is 11.1. The monoisotopic (exact) mass is 281 g/mol. The zero-order chi connectivity index (χ0) is 13.4. The molecule has 3 nitrogen and oxygen atoms in total. The maximum atomic E-state index is 11.4. The van der Waals surface area contributed by atoms with E-state index in [4.69, 9.17) is 11.6 Å². The number of rotatable bonds is 4. The Morgan fingerprint density at radius 2 is 2.00 bits per heavy atom. The molecule has 0 fully saturated rings. The first-order valence-corrected chi connectivity index (χ1v) is 6.50. The van der Waals surface area contributed by atoms with Crippen molar-refractivity contribution in [3.63, 3.8) is 0 Å². The van der Waals surface area contributed by atoms with Gasteiger partial charge in [0.05, 0.1) is 0 Å². The summed E-state index contributed by atoms with van der Waals surface area (Å²) in [5.41, 5.74) is 0.834. The fourth-order valence-electron chi connectivity index (χ4n) is 1.06. The minimum absolute atomic E-state index is 0.388. The summed E-state index contributed by atoms with van der Waals surface area (Å²) >= 11 is 6.72. The fraction of sp³-hybridized carbons (Fsp3) is 0.0769. The lowest BCUT2D eigenvalue weighted by atomic mass is 10.2. The van der Waals surface area contributed by atoms with E-state index in [1.165, 1.54) is 6.08 Å². The van der Waals surface area contributed by atoms with Crippen LogP contribution in [0.15, 0.2) is 43.0 Å². The minimum atomic E-state index is -0.452. The van der Waals surface area contributed by atoms with Gasteiger partial charge in [-0.15, -0.1) is 6.58 Å². The molecule has 0 spiro atoms. The van der Waals surface area contributed by atoms with Gasteiger partial charge < -0.3 is 0 Å². The van der Waals surface area contributed by atoms with Gasteiger partial charge in [-0.3, -0.25) is 14.9 Å². The number of hydrogen-bond donors (Lipinski definition) is 1. The van der Waals surface area contributed by atoms with Gasteiger partial charge in [-0.05, 0) is 23.8 Å².